The number of rotatable bonds is 8. The number of halogens is 2. The lowest BCUT2D eigenvalue weighted by Crippen LogP contribution is -2.15. The predicted molar refractivity (Wildman–Crippen MR) is 98.4 cm³/mol. The first-order chi connectivity index (χ1) is 13.5. The van der Waals surface area contributed by atoms with Crippen molar-refractivity contribution >= 4 is 17.5 Å². The second-order valence-corrected chi connectivity index (χ2v) is 6.91. The molecule has 0 aliphatic heterocycles. The maximum atomic E-state index is 12.6. The lowest BCUT2D eigenvalue weighted by molar-refractivity contribution is -0.0498. The number of thioether (sulfide) groups is 1. The molecule has 1 aromatic heterocycles. The third kappa shape index (κ3) is 4.63. The van der Waals surface area contributed by atoms with E-state index >= 15 is 0 Å². The van der Waals surface area contributed by atoms with Crippen LogP contribution in [0.1, 0.15) is 17.3 Å². The van der Waals surface area contributed by atoms with Crippen LogP contribution in [0.25, 0.3) is 5.69 Å². The average Bonchev–Trinajstić information content (AvgIpc) is 3.15. The van der Waals surface area contributed by atoms with Gasteiger partial charge in [0, 0.05) is 5.56 Å². The first-order valence-electron chi connectivity index (χ1n) is 8.16. The van der Waals surface area contributed by atoms with Crippen molar-refractivity contribution in [2.24, 2.45) is 0 Å². The molecule has 3 aromatic rings. The number of carbonyl (C=O) groups excluding carboxylic acids is 1. The van der Waals surface area contributed by atoms with Gasteiger partial charge in [0.25, 0.3) is 0 Å². The first kappa shape index (κ1) is 19.7. The van der Waals surface area contributed by atoms with Crippen LogP contribution < -0.4 is 9.47 Å². The van der Waals surface area contributed by atoms with E-state index in [1.54, 1.807) is 38.3 Å². The number of ketones is 1. The molecule has 0 fully saturated rings. The van der Waals surface area contributed by atoms with Crippen LogP contribution in [0.4, 0.5) is 8.78 Å². The van der Waals surface area contributed by atoms with Crippen LogP contribution in [0.5, 0.6) is 11.5 Å². The number of aromatic nitrogens is 4. The van der Waals surface area contributed by atoms with E-state index in [2.05, 4.69) is 20.3 Å². The van der Waals surface area contributed by atoms with Gasteiger partial charge in [-0.25, -0.2) is 0 Å². The Morgan fingerprint density at radius 3 is 2.32 bits per heavy atom. The third-order valence-electron chi connectivity index (χ3n) is 3.77. The number of carbonyl (C=O) groups is 1. The number of hydrogen-bond donors (Lipinski definition) is 0. The summed E-state index contributed by atoms with van der Waals surface area (Å²) in [6.07, 6.45) is 0. The molecule has 2 aromatic carbocycles. The maximum Gasteiger partial charge on any atom is 0.387 e. The Bertz CT molecular complexity index is 933. The van der Waals surface area contributed by atoms with Crippen molar-refractivity contribution in [3.8, 4) is 17.2 Å². The number of nitrogens with zero attached hydrogens (tertiary/aromatic N) is 4. The molecule has 1 atom stereocenters. The first-order valence-corrected chi connectivity index (χ1v) is 9.04. The lowest BCUT2D eigenvalue weighted by atomic mass is 10.1. The fraction of sp³-hybridized carbons (Fsp3) is 0.222. The summed E-state index contributed by atoms with van der Waals surface area (Å²) in [4.78, 5) is 12.6. The zero-order valence-corrected chi connectivity index (χ0v) is 15.8. The summed E-state index contributed by atoms with van der Waals surface area (Å²) in [5, 5.41) is 11.6. The molecule has 0 aliphatic rings. The SMILES string of the molecule is COc1ccc(-n2nnnc2S[C@H](C)C(=O)c2ccc(OC(F)F)cc2)cc1. The monoisotopic (exact) mass is 406 g/mol. The summed E-state index contributed by atoms with van der Waals surface area (Å²) in [6.45, 7) is -1.18. The molecule has 0 amide bonds. The van der Waals surface area contributed by atoms with E-state index in [0.717, 1.165) is 5.69 Å². The van der Waals surface area contributed by atoms with E-state index in [1.165, 1.54) is 40.7 Å². The Labute approximate surface area is 163 Å². The molecule has 0 radical (unpaired) electrons. The number of Topliss-reactive ketones (excluding diaryl/α,β-unsaturated/α-hetero) is 1. The van der Waals surface area contributed by atoms with Crippen molar-refractivity contribution in [3.05, 3.63) is 54.1 Å². The number of benzene rings is 2. The molecule has 0 saturated heterocycles. The zero-order chi connectivity index (χ0) is 20.1. The molecule has 0 N–H and O–H groups in total. The Hall–Kier alpha value is -3.01. The zero-order valence-electron chi connectivity index (χ0n) is 15.0. The van der Waals surface area contributed by atoms with Gasteiger partial charge in [0.15, 0.2) is 5.78 Å². The Morgan fingerprint density at radius 2 is 1.71 bits per heavy atom. The van der Waals surface area contributed by atoms with Crippen LogP contribution in [0.2, 0.25) is 0 Å². The Balaban J connectivity index is 1.71. The van der Waals surface area contributed by atoms with Crippen LogP contribution in [0.15, 0.2) is 53.7 Å². The number of ether oxygens (including phenoxy) is 2. The van der Waals surface area contributed by atoms with Gasteiger partial charge in [-0.1, -0.05) is 11.8 Å². The quantitative estimate of drug-likeness (QED) is 0.417. The minimum absolute atomic E-state index is 0.00435. The number of methoxy groups -OCH3 is 1. The topological polar surface area (TPSA) is 79.1 Å². The van der Waals surface area contributed by atoms with Crippen LogP contribution in [0.3, 0.4) is 0 Å². The highest BCUT2D eigenvalue weighted by molar-refractivity contribution is 8.00. The summed E-state index contributed by atoms with van der Waals surface area (Å²) in [6, 6.07) is 12.7. The van der Waals surface area contributed by atoms with Gasteiger partial charge in [-0.2, -0.15) is 13.5 Å². The largest absolute Gasteiger partial charge is 0.497 e. The average molecular weight is 406 g/mol. The molecule has 28 heavy (non-hydrogen) atoms. The second-order valence-electron chi connectivity index (χ2n) is 5.60. The molecule has 1 heterocycles. The van der Waals surface area contributed by atoms with Gasteiger partial charge in [-0.3, -0.25) is 4.79 Å². The lowest BCUT2D eigenvalue weighted by Gasteiger charge is -2.11. The van der Waals surface area contributed by atoms with Crippen LogP contribution in [-0.2, 0) is 0 Å². The van der Waals surface area contributed by atoms with Crippen molar-refractivity contribution in [2.45, 2.75) is 23.9 Å². The van der Waals surface area contributed by atoms with Gasteiger partial charge in [-0.05, 0) is 65.9 Å². The smallest absolute Gasteiger partial charge is 0.387 e. The molecule has 10 heteroatoms. The van der Waals surface area contributed by atoms with E-state index in [9.17, 15) is 13.6 Å². The minimum Gasteiger partial charge on any atom is -0.497 e. The van der Waals surface area contributed by atoms with Gasteiger partial charge >= 0.3 is 6.61 Å². The van der Waals surface area contributed by atoms with Crippen molar-refractivity contribution < 1.29 is 23.0 Å². The number of hydrogen-bond acceptors (Lipinski definition) is 7. The standard InChI is InChI=1S/C18H16F2N4O3S/c1-11(16(25)12-3-7-15(8-4-12)27-17(19)20)28-18-21-22-23-24(18)13-5-9-14(26-2)10-6-13/h3-11,17H,1-2H3/t11-/m1/s1. The van der Waals surface area contributed by atoms with Crippen molar-refractivity contribution in [2.75, 3.05) is 7.11 Å². The van der Waals surface area contributed by atoms with Gasteiger partial charge in [0.1, 0.15) is 11.5 Å². The third-order valence-corrected chi connectivity index (χ3v) is 4.81. The fourth-order valence-electron chi connectivity index (χ4n) is 2.38. The van der Waals surface area contributed by atoms with E-state index in [4.69, 9.17) is 4.74 Å². The molecule has 0 aliphatic carbocycles. The molecular formula is C18H16F2N4O3S. The summed E-state index contributed by atoms with van der Waals surface area (Å²) in [5.41, 5.74) is 1.10. The molecular weight excluding hydrogens is 390 g/mol. The van der Waals surface area contributed by atoms with E-state index in [0.29, 0.717) is 16.5 Å². The van der Waals surface area contributed by atoms with Crippen LogP contribution in [0, 0.1) is 0 Å². The highest BCUT2D eigenvalue weighted by atomic mass is 32.2. The van der Waals surface area contributed by atoms with Crippen molar-refractivity contribution in [1.29, 1.82) is 0 Å². The van der Waals surface area contributed by atoms with Gasteiger partial charge in [0.2, 0.25) is 5.16 Å². The van der Waals surface area contributed by atoms with Gasteiger partial charge in [0.05, 0.1) is 18.0 Å². The second kappa shape index (κ2) is 8.79. The molecule has 7 nitrogen and oxygen atoms in total. The highest BCUT2D eigenvalue weighted by Crippen LogP contribution is 2.26. The molecule has 0 unspecified atom stereocenters. The number of tetrazole rings is 1. The Kier molecular flexibility index (Phi) is 6.19. The molecule has 0 saturated carbocycles. The van der Waals surface area contributed by atoms with Crippen molar-refractivity contribution in [1.82, 2.24) is 20.2 Å². The maximum absolute atomic E-state index is 12.6. The summed E-state index contributed by atoms with van der Waals surface area (Å²) < 4.78 is 35.4. The van der Waals surface area contributed by atoms with Gasteiger partial charge in [-0.15, -0.1) is 5.10 Å². The fourth-order valence-corrected chi connectivity index (χ4v) is 3.27. The van der Waals surface area contributed by atoms with E-state index < -0.39 is 11.9 Å². The molecule has 3 rings (SSSR count). The number of alkyl halides is 2. The van der Waals surface area contributed by atoms with E-state index in [-0.39, 0.29) is 11.5 Å². The van der Waals surface area contributed by atoms with E-state index in [1.807, 2.05) is 0 Å². The summed E-state index contributed by atoms with van der Waals surface area (Å²) in [7, 11) is 1.58. The molecule has 0 bridgehead atoms. The highest BCUT2D eigenvalue weighted by Gasteiger charge is 2.21. The predicted octanol–water partition coefficient (Wildman–Crippen LogP) is 3.64. The summed E-state index contributed by atoms with van der Waals surface area (Å²) in [5.74, 6) is 0.516. The molecule has 0 spiro atoms. The van der Waals surface area contributed by atoms with Crippen LogP contribution >= 0.6 is 11.8 Å². The minimum atomic E-state index is -2.91. The van der Waals surface area contributed by atoms with Crippen molar-refractivity contribution in [3.63, 3.8) is 0 Å². The normalized spacial score (nSPS) is 12.0. The van der Waals surface area contributed by atoms with Gasteiger partial charge < -0.3 is 9.47 Å². The summed E-state index contributed by atoms with van der Waals surface area (Å²) >= 11 is 1.19. The van der Waals surface area contributed by atoms with Crippen LogP contribution in [-0.4, -0.2) is 45.0 Å². The molecule has 146 valence electrons. The Morgan fingerprint density at radius 1 is 1.07 bits per heavy atom.